The van der Waals surface area contributed by atoms with E-state index in [9.17, 15) is 13.2 Å². The third-order valence-corrected chi connectivity index (χ3v) is 1.67. The van der Waals surface area contributed by atoms with Crippen LogP contribution in [-0.2, 0) is 0 Å². The molecular formula is C8H14Cl2F3N. The van der Waals surface area contributed by atoms with Crippen molar-refractivity contribution in [1.29, 1.82) is 0 Å². The van der Waals surface area contributed by atoms with Crippen molar-refractivity contribution in [3.05, 3.63) is 11.6 Å². The van der Waals surface area contributed by atoms with Gasteiger partial charge < -0.3 is 0 Å². The highest BCUT2D eigenvalue weighted by Gasteiger charge is 2.27. The molecule has 0 saturated carbocycles. The lowest BCUT2D eigenvalue weighted by Crippen LogP contribution is -2.29. The Kier molecular flexibility index (Phi) is 8.69. The number of alkyl halides is 3. The van der Waals surface area contributed by atoms with Gasteiger partial charge in [-0.05, 0) is 6.54 Å². The predicted molar refractivity (Wildman–Crippen MR) is 55.0 cm³/mol. The van der Waals surface area contributed by atoms with E-state index in [1.54, 1.807) is 11.8 Å². The van der Waals surface area contributed by atoms with Crippen LogP contribution in [0.2, 0.25) is 0 Å². The van der Waals surface area contributed by atoms with Gasteiger partial charge in [-0.2, -0.15) is 13.2 Å². The van der Waals surface area contributed by atoms with Crippen LogP contribution in [0.1, 0.15) is 13.3 Å². The van der Waals surface area contributed by atoms with Crippen LogP contribution in [0.5, 0.6) is 0 Å². The fourth-order valence-corrected chi connectivity index (χ4v) is 1.05. The van der Waals surface area contributed by atoms with Crippen LogP contribution in [0, 0.1) is 0 Å². The van der Waals surface area contributed by atoms with Gasteiger partial charge in [0.05, 0.1) is 6.42 Å². The Labute approximate surface area is 93.3 Å². The van der Waals surface area contributed by atoms with Crippen molar-refractivity contribution in [2.75, 3.05) is 19.6 Å². The van der Waals surface area contributed by atoms with Gasteiger partial charge in [0.1, 0.15) is 0 Å². The van der Waals surface area contributed by atoms with Gasteiger partial charge in [0.15, 0.2) is 0 Å². The van der Waals surface area contributed by atoms with E-state index in [4.69, 9.17) is 11.6 Å². The van der Waals surface area contributed by atoms with E-state index in [2.05, 4.69) is 6.58 Å². The summed E-state index contributed by atoms with van der Waals surface area (Å²) in [5.41, 5.74) is 0. The number of rotatable bonds is 5. The summed E-state index contributed by atoms with van der Waals surface area (Å²) in [6.45, 7) is 6.05. The van der Waals surface area contributed by atoms with E-state index in [1.165, 1.54) is 0 Å². The highest BCUT2D eigenvalue weighted by atomic mass is 35.5. The van der Waals surface area contributed by atoms with Crippen LogP contribution in [0.4, 0.5) is 13.2 Å². The van der Waals surface area contributed by atoms with E-state index in [-0.39, 0.29) is 19.0 Å². The first-order valence-corrected chi connectivity index (χ1v) is 4.35. The molecular weight excluding hydrogens is 238 g/mol. The third-order valence-electron chi connectivity index (χ3n) is 1.55. The molecule has 0 aliphatic rings. The number of nitrogens with zero attached hydrogens (tertiary/aromatic N) is 1. The number of halogens is 5. The molecule has 0 rings (SSSR count). The molecule has 14 heavy (non-hydrogen) atoms. The lowest BCUT2D eigenvalue weighted by atomic mass is 10.3. The summed E-state index contributed by atoms with van der Waals surface area (Å²) in [5, 5.41) is 0.365. The Balaban J connectivity index is 0. The molecule has 1 nitrogen and oxygen atoms in total. The predicted octanol–water partition coefficient (Wildman–Crippen LogP) is 3.44. The minimum Gasteiger partial charge on any atom is -0.298 e. The molecule has 0 aromatic carbocycles. The van der Waals surface area contributed by atoms with Gasteiger partial charge in [0.25, 0.3) is 0 Å². The first-order chi connectivity index (χ1) is 5.85. The van der Waals surface area contributed by atoms with Crippen LogP contribution < -0.4 is 0 Å². The van der Waals surface area contributed by atoms with E-state index in [0.29, 0.717) is 18.1 Å². The molecule has 0 radical (unpaired) electrons. The quantitative estimate of drug-likeness (QED) is 0.724. The smallest absolute Gasteiger partial charge is 0.298 e. The van der Waals surface area contributed by atoms with Crippen LogP contribution in [-0.4, -0.2) is 30.7 Å². The van der Waals surface area contributed by atoms with Gasteiger partial charge >= 0.3 is 6.18 Å². The summed E-state index contributed by atoms with van der Waals surface area (Å²) in [6, 6.07) is 0. The first kappa shape index (κ1) is 16.5. The van der Waals surface area contributed by atoms with Crippen LogP contribution in [0.25, 0.3) is 0 Å². The summed E-state index contributed by atoms with van der Waals surface area (Å²) in [5.74, 6) is 0. The fraction of sp³-hybridized carbons (Fsp3) is 0.750. The molecule has 0 aromatic rings. The summed E-state index contributed by atoms with van der Waals surface area (Å²) in [6.07, 6.45) is -4.90. The average Bonchev–Trinajstić information content (AvgIpc) is 1.95. The van der Waals surface area contributed by atoms with Crippen molar-refractivity contribution < 1.29 is 13.2 Å². The van der Waals surface area contributed by atoms with Crippen LogP contribution >= 0.6 is 24.0 Å². The van der Waals surface area contributed by atoms with Crippen molar-refractivity contribution in [3.8, 4) is 0 Å². The molecule has 0 heterocycles. The number of hydrogen-bond acceptors (Lipinski definition) is 1. The van der Waals surface area contributed by atoms with Gasteiger partial charge in [-0.3, -0.25) is 4.90 Å². The maximum Gasteiger partial charge on any atom is 0.390 e. The third kappa shape index (κ3) is 10.2. The van der Waals surface area contributed by atoms with Gasteiger partial charge in [0.2, 0.25) is 0 Å². The van der Waals surface area contributed by atoms with Gasteiger partial charge in [-0.25, -0.2) is 0 Å². The maximum atomic E-state index is 11.8. The summed E-state index contributed by atoms with van der Waals surface area (Å²) in [4.78, 5) is 1.60. The Morgan fingerprint density at radius 2 is 1.93 bits per heavy atom. The minimum absolute atomic E-state index is 0. The van der Waals surface area contributed by atoms with E-state index >= 15 is 0 Å². The zero-order valence-electron chi connectivity index (χ0n) is 7.90. The van der Waals surface area contributed by atoms with E-state index < -0.39 is 12.6 Å². The van der Waals surface area contributed by atoms with Gasteiger partial charge in [-0.1, -0.05) is 25.1 Å². The summed E-state index contributed by atoms with van der Waals surface area (Å²) in [7, 11) is 0. The largest absolute Gasteiger partial charge is 0.390 e. The second-order valence-corrected chi connectivity index (χ2v) is 3.29. The zero-order valence-corrected chi connectivity index (χ0v) is 9.48. The fourth-order valence-electron chi connectivity index (χ4n) is 0.876. The lowest BCUT2D eigenvalue weighted by molar-refractivity contribution is -0.137. The van der Waals surface area contributed by atoms with Crippen molar-refractivity contribution in [2.45, 2.75) is 19.5 Å². The normalized spacial score (nSPS) is 11.3. The molecule has 0 bridgehead atoms. The summed E-state index contributed by atoms with van der Waals surface area (Å²) >= 11 is 5.48. The first-order valence-electron chi connectivity index (χ1n) is 3.97. The highest BCUT2D eigenvalue weighted by Crippen LogP contribution is 2.19. The average molecular weight is 252 g/mol. The Morgan fingerprint density at radius 3 is 2.21 bits per heavy atom. The molecule has 0 N–H and O–H groups in total. The van der Waals surface area contributed by atoms with Gasteiger partial charge in [0, 0.05) is 18.1 Å². The topological polar surface area (TPSA) is 3.24 Å². The van der Waals surface area contributed by atoms with Crippen molar-refractivity contribution in [1.82, 2.24) is 4.90 Å². The van der Waals surface area contributed by atoms with Crippen LogP contribution in [0.3, 0.4) is 0 Å². The number of hydrogen-bond donors (Lipinski definition) is 0. The molecule has 0 aliphatic heterocycles. The molecule has 0 unspecified atom stereocenters. The molecule has 6 heteroatoms. The Hall–Kier alpha value is 0.0700. The monoisotopic (exact) mass is 251 g/mol. The van der Waals surface area contributed by atoms with Crippen LogP contribution in [0.15, 0.2) is 11.6 Å². The zero-order chi connectivity index (χ0) is 10.5. The SMILES string of the molecule is C=C(Cl)CN(CC)CCC(F)(F)F.Cl. The second kappa shape index (κ2) is 7.37. The van der Waals surface area contributed by atoms with E-state index in [0.717, 1.165) is 0 Å². The second-order valence-electron chi connectivity index (χ2n) is 2.75. The lowest BCUT2D eigenvalue weighted by Gasteiger charge is -2.20. The molecule has 0 saturated heterocycles. The molecule has 0 aliphatic carbocycles. The molecule has 0 aromatic heterocycles. The number of likely N-dealkylation sites (N-methyl/N-ethyl adjacent to an activating group) is 1. The molecule has 0 spiro atoms. The van der Waals surface area contributed by atoms with E-state index in [1.807, 2.05) is 0 Å². The van der Waals surface area contributed by atoms with Crippen molar-refractivity contribution in [2.24, 2.45) is 0 Å². The minimum atomic E-state index is -4.10. The van der Waals surface area contributed by atoms with Gasteiger partial charge in [-0.15, -0.1) is 12.4 Å². The Bertz CT molecular complexity index is 170. The van der Waals surface area contributed by atoms with Crippen molar-refractivity contribution >= 4 is 24.0 Å². The molecule has 0 fully saturated rings. The Morgan fingerprint density at radius 1 is 1.43 bits per heavy atom. The molecule has 86 valence electrons. The molecule has 0 atom stereocenters. The molecule has 0 amide bonds. The standard InChI is InChI=1S/C8H13ClF3N.ClH/c1-3-13(6-7(2)9)5-4-8(10,11)12;/h2-6H2,1H3;1H. The summed E-state index contributed by atoms with van der Waals surface area (Å²) < 4.78 is 35.4. The van der Waals surface area contributed by atoms with Crippen molar-refractivity contribution in [3.63, 3.8) is 0 Å². The highest BCUT2D eigenvalue weighted by molar-refractivity contribution is 6.29. The maximum absolute atomic E-state index is 11.8.